The second-order valence-electron chi connectivity index (χ2n) is 8.27. The molecule has 1 aromatic carbocycles. The Morgan fingerprint density at radius 2 is 1.86 bits per heavy atom. The van der Waals surface area contributed by atoms with Gasteiger partial charge >= 0.3 is 0 Å². The number of guanidine groups is 1. The second kappa shape index (κ2) is 6.76. The number of carbonyl (C=O) groups is 1. The molecule has 1 amide bonds. The van der Waals surface area contributed by atoms with Crippen molar-refractivity contribution >= 4 is 17.7 Å². The summed E-state index contributed by atoms with van der Waals surface area (Å²) in [7, 11) is 1.84. The monoisotopic (exact) mass is 377 g/mol. The average molecular weight is 377 g/mol. The van der Waals surface area contributed by atoms with Crippen molar-refractivity contribution in [3.05, 3.63) is 47.4 Å². The first-order chi connectivity index (χ1) is 13.6. The molecule has 1 fully saturated rings. The first-order valence-corrected chi connectivity index (χ1v) is 10.4. The van der Waals surface area contributed by atoms with Gasteiger partial charge in [0.05, 0.1) is 12.6 Å². The molecule has 0 N–H and O–H groups in total. The number of amides is 1. The molecule has 1 aromatic heterocycles. The number of fused-ring (bicyclic) bond motifs is 3. The number of carbonyl (C=O) groups excluding carboxylic acids is 1. The zero-order valence-electron chi connectivity index (χ0n) is 16.6. The fourth-order valence-electron chi connectivity index (χ4n) is 4.91. The number of hydrogen-bond acceptors (Lipinski definition) is 4. The normalized spacial score (nSPS) is 22.3. The van der Waals surface area contributed by atoms with Crippen LogP contribution < -0.4 is 4.90 Å². The number of rotatable bonds is 3. The fourth-order valence-corrected chi connectivity index (χ4v) is 4.91. The predicted octanol–water partition coefficient (Wildman–Crippen LogP) is 3.45. The van der Waals surface area contributed by atoms with Gasteiger partial charge in [0.25, 0.3) is 5.91 Å². The van der Waals surface area contributed by atoms with Crippen LogP contribution in [0.4, 0.5) is 5.82 Å². The quantitative estimate of drug-likeness (QED) is 0.823. The van der Waals surface area contributed by atoms with E-state index in [4.69, 9.17) is 9.98 Å². The van der Waals surface area contributed by atoms with E-state index >= 15 is 0 Å². The van der Waals surface area contributed by atoms with Crippen LogP contribution in [0, 0.1) is 12.8 Å². The molecule has 6 heteroatoms. The van der Waals surface area contributed by atoms with Crippen molar-refractivity contribution in [1.29, 1.82) is 0 Å². The number of aliphatic imine (C=N–C) groups is 1. The van der Waals surface area contributed by atoms with Crippen molar-refractivity contribution in [2.45, 2.75) is 51.6 Å². The van der Waals surface area contributed by atoms with Gasteiger partial charge in [-0.25, -0.2) is 9.98 Å². The SMILES string of the molecule is Cc1nc2c(n1Cc1ccccc1)C(=O)N(C)C1=N[C@H](C3CCCCC3)CN12. The Hall–Kier alpha value is -2.63. The Balaban J connectivity index is 1.50. The zero-order chi connectivity index (χ0) is 19.3. The topological polar surface area (TPSA) is 53.7 Å². The summed E-state index contributed by atoms with van der Waals surface area (Å²) in [4.78, 5) is 26.9. The van der Waals surface area contributed by atoms with Crippen LogP contribution in [-0.4, -0.2) is 46.0 Å². The summed E-state index contributed by atoms with van der Waals surface area (Å²) in [6.07, 6.45) is 6.45. The standard InChI is InChI=1S/C22H27N5O/c1-15-23-20-19(26(15)13-16-9-5-3-6-10-16)21(28)25(2)22-24-18(14-27(20)22)17-11-7-4-8-12-17/h3,5-6,9-10,17-18H,4,7-8,11-14H2,1-2H3/t18-/m0/s1. The molecule has 0 saturated heterocycles. The van der Waals surface area contributed by atoms with Gasteiger partial charge in [-0.15, -0.1) is 0 Å². The van der Waals surface area contributed by atoms with Crippen LogP contribution >= 0.6 is 0 Å². The van der Waals surface area contributed by atoms with Crippen molar-refractivity contribution in [1.82, 2.24) is 14.5 Å². The molecular formula is C22H27N5O. The zero-order valence-corrected chi connectivity index (χ0v) is 16.6. The van der Waals surface area contributed by atoms with Gasteiger partial charge in [0.1, 0.15) is 5.82 Å². The van der Waals surface area contributed by atoms with Crippen molar-refractivity contribution in [3.63, 3.8) is 0 Å². The van der Waals surface area contributed by atoms with Crippen LogP contribution in [0.25, 0.3) is 0 Å². The fraction of sp³-hybridized carbons (Fsp3) is 0.500. The van der Waals surface area contributed by atoms with Crippen LogP contribution in [0.1, 0.15) is 54.0 Å². The molecule has 146 valence electrons. The Morgan fingerprint density at radius 1 is 1.11 bits per heavy atom. The van der Waals surface area contributed by atoms with Crippen molar-refractivity contribution in [2.24, 2.45) is 10.9 Å². The molecule has 1 atom stereocenters. The lowest BCUT2D eigenvalue weighted by atomic mass is 9.84. The largest absolute Gasteiger partial charge is 0.318 e. The maximum absolute atomic E-state index is 13.2. The minimum absolute atomic E-state index is 0.00850. The first kappa shape index (κ1) is 17.5. The highest BCUT2D eigenvalue weighted by atomic mass is 16.2. The Morgan fingerprint density at radius 3 is 2.61 bits per heavy atom. The van der Waals surface area contributed by atoms with Crippen LogP contribution in [0.3, 0.4) is 0 Å². The number of hydrogen-bond donors (Lipinski definition) is 0. The van der Waals surface area contributed by atoms with Gasteiger partial charge < -0.3 is 4.57 Å². The summed E-state index contributed by atoms with van der Waals surface area (Å²) >= 11 is 0. The molecule has 1 aliphatic carbocycles. The molecule has 6 nitrogen and oxygen atoms in total. The highest BCUT2D eigenvalue weighted by Crippen LogP contribution is 2.36. The number of anilines is 1. The number of nitrogens with zero attached hydrogens (tertiary/aromatic N) is 5. The van der Waals surface area contributed by atoms with Crippen molar-refractivity contribution in [2.75, 3.05) is 18.5 Å². The highest BCUT2D eigenvalue weighted by molar-refractivity contribution is 6.17. The van der Waals surface area contributed by atoms with Crippen LogP contribution in [0.15, 0.2) is 35.3 Å². The molecule has 0 radical (unpaired) electrons. The molecule has 2 aromatic rings. The van der Waals surface area contributed by atoms with E-state index in [9.17, 15) is 4.79 Å². The van der Waals surface area contributed by atoms with Gasteiger partial charge in [-0.2, -0.15) is 0 Å². The van der Waals surface area contributed by atoms with Gasteiger partial charge in [-0.1, -0.05) is 49.6 Å². The summed E-state index contributed by atoms with van der Waals surface area (Å²) < 4.78 is 2.05. The summed E-state index contributed by atoms with van der Waals surface area (Å²) in [5.74, 6) is 3.06. The molecule has 3 aliphatic rings. The van der Waals surface area contributed by atoms with Gasteiger partial charge in [-0.05, 0) is 31.2 Å². The van der Waals surface area contributed by atoms with Gasteiger partial charge in [0.2, 0.25) is 5.96 Å². The second-order valence-corrected chi connectivity index (χ2v) is 8.27. The van der Waals surface area contributed by atoms with Crippen molar-refractivity contribution < 1.29 is 4.79 Å². The minimum Gasteiger partial charge on any atom is -0.318 e. The lowest BCUT2D eigenvalue weighted by Gasteiger charge is -2.31. The van der Waals surface area contributed by atoms with Crippen LogP contribution in [-0.2, 0) is 6.54 Å². The number of aryl methyl sites for hydroxylation is 1. The van der Waals surface area contributed by atoms with E-state index < -0.39 is 0 Å². The molecule has 5 rings (SSSR count). The number of aromatic nitrogens is 2. The molecule has 1 saturated carbocycles. The molecule has 0 bridgehead atoms. The van der Waals surface area contributed by atoms with Crippen LogP contribution in [0.5, 0.6) is 0 Å². The lowest BCUT2D eigenvalue weighted by molar-refractivity contribution is 0.0855. The molecular weight excluding hydrogens is 350 g/mol. The highest BCUT2D eigenvalue weighted by Gasteiger charge is 2.43. The van der Waals surface area contributed by atoms with Gasteiger partial charge in [0.15, 0.2) is 11.5 Å². The maximum Gasteiger partial charge on any atom is 0.280 e. The summed E-state index contributed by atoms with van der Waals surface area (Å²) in [6, 6.07) is 10.5. The maximum atomic E-state index is 13.2. The molecule has 3 heterocycles. The number of benzene rings is 1. The average Bonchev–Trinajstić information content (AvgIpc) is 3.30. The first-order valence-electron chi connectivity index (χ1n) is 10.4. The third-order valence-electron chi connectivity index (χ3n) is 6.47. The van der Waals surface area contributed by atoms with Gasteiger partial charge in [-0.3, -0.25) is 14.6 Å². The Kier molecular flexibility index (Phi) is 4.22. The molecule has 0 spiro atoms. The third kappa shape index (κ3) is 2.74. The van der Waals surface area contributed by atoms with E-state index in [-0.39, 0.29) is 11.9 Å². The Bertz CT molecular complexity index is 926. The van der Waals surface area contributed by atoms with Crippen molar-refractivity contribution in [3.8, 4) is 0 Å². The van der Waals surface area contributed by atoms with E-state index in [1.165, 1.54) is 37.7 Å². The summed E-state index contributed by atoms with van der Waals surface area (Å²) in [5.41, 5.74) is 1.86. The van der Waals surface area contributed by atoms with Crippen LogP contribution in [0.2, 0.25) is 0 Å². The van der Waals surface area contributed by atoms with E-state index in [0.29, 0.717) is 18.2 Å². The van der Waals surface area contributed by atoms with Gasteiger partial charge in [0, 0.05) is 13.6 Å². The third-order valence-corrected chi connectivity index (χ3v) is 6.47. The summed E-state index contributed by atoms with van der Waals surface area (Å²) in [6.45, 7) is 3.48. The molecule has 28 heavy (non-hydrogen) atoms. The Labute approximate surface area is 165 Å². The number of imidazole rings is 1. The minimum atomic E-state index is -0.00850. The van der Waals surface area contributed by atoms with E-state index in [0.717, 1.165) is 24.1 Å². The smallest absolute Gasteiger partial charge is 0.280 e. The molecule has 0 unspecified atom stereocenters. The van der Waals surface area contributed by atoms with E-state index in [2.05, 4.69) is 17.0 Å². The van der Waals surface area contributed by atoms with E-state index in [1.54, 1.807) is 4.90 Å². The van der Waals surface area contributed by atoms with E-state index in [1.807, 2.05) is 36.7 Å². The molecule has 2 aliphatic heterocycles. The lowest BCUT2D eigenvalue weighted by Crippen LogP contribution is -2.49. The predicted molar refractivity (Wildman–Crippen MR) is 110 cm³/mol. The summed E-state index contributed by atoms with van der Waals surface area (Å²) in [5, 5.41) is 0.